The molecule has 0 aromatic heterocycles. The van der Waals surface area contributed by atoms with Crippen LogP contribution in [-0.2, 0) is 20.0 Å². The third-order valence-corrected chi connectivity index (χ3v) is 6.66. The van der Waals surface area contributed by atoms with Crippen LogP contribution in [0.2, 0.25) is 0 Å². The molecule has 0 radical (unpaired) electrons. The Balaban J connectivity index is 1.99. The van der Waals surface area contributed by atoms with Gasteiger partial charge < -0.3 is 4.74 Å². The van der Waals surface area contributed by atoms with Crippen LogP contribution >= 0.6 is 0 Å². The predicted octanol–water partition coefficient (Wildman–Crippen LogP) is 3.44. The maximum absolute atomic E-state index is 13.9. The SMILES string of the molecule is COc1ccc(S(=O)(=O)Nc2ccccc2)cc1NS(=O)(=O)c1ccccc1F. The molecule has 0 atom stereocenters. The number of nitrogens with one attached hydrogen (secondary N) is 2. The van der Waals surface area contributed by atoms with Crippen LogP contribution in [0.5, 0.6) is 5.75 Å². The largest absolute Gasteiger partial charge is 0.495 e. The summed E-state index contributed by atoms with van der Waals surface area (Å²) in [5.74, 6) is -0.864. The zero-order valence-electron chi connectivity index (χ0n) is 15.2. The van der Waals surface area contributed by atoms with Gasteiger partial charge in [-0.1, -0.05) is 30.3 Å². The van der Waals surface area contributed by atoms with Crippen LogP contribution in [-0.4, -0.2) is 23.9 Å². The standard InChI is InChI=1S/C19H17FN2O5S2/c1-27-18-12-11-15(28(23,24)21-14-7-3-2-4-8-14)13-17(18)22-29(25,26)19-10-6-5-9-16(19)20/h2-13,21-22H,1H3. The van der Waals surface area contributed by atoms with Crippen molar-refractivity contribution in [3.63, 3.8) is 0 Å². The average Bonchev–Trinajstić information content (AvgIpc) is 2.68. The van der Waals surface area contributed by atoms with E-state index < -0.39 is 30.8 Å². The first-order valence-corrected chi connectivity index (χ1v) is 11.2. The van der Waals surface area contributed by atoms with Crippen LogP contribution in [0.3, 0.4) is 0 Å². The highest BCUT2D eigenvalue weighted by Gasteiger charge is 2.23. The molecule has 152 valence electrons. The fourth-order valence-electron chi connectivity index (χ4n) is 2.52. The van der Waals surface area contributed by atoms with Crippen LogP contribution in [0.4, 0.5) is 15.8 Å². The van der Waals surface area contributed by atoms with E-state index in [2.05, 4.69) is 9.44 Å². The van der Waals surface area contributed by atoms with E-state index in [-0.39, 0.29) is 16.3 Å². The topological polar surface area (TPSA) is 102 Å². The predicted molar refractivity (Wildman–Crippen MR) is 107 cm³/mol. The molecule has 0 amide bonds. The van der Waals surface area contributed by atoms with Crippen LogP contribution in [0.25, 0.3) is 0 Å². The van der Waals surface area contributed by atoms with E-state index in [1.807, 2.05) is 0 Å². The van der Waals surface area contributed by atoms with Gasteiger partial charge in [-0.15, -0.1) is 0 Å². The van der Waals surface area contributed by atoms with Crippen molar-refractivity contribution >= 4 is 31.4 Å². The van der Waals surface area contributed by atoms with Crippen LogP contribution in [0.1, 0.15) is 0 Å². The summed E-state index contributed by atoms with van der Waals surface area (Å²) >= 11 is 0. The monoisotopic (exact) mass is 436 g/mol. The fourth-order valence-corrected chi connectivity index (χ4v) is 4.74. The van der Waals surface area contributed by atoms with Crippen molar-refractivity contribution in [2.45, 2.75) is 9.79 Å². The van der Waals surface area contributed by atoms with Crippen molar-refractivity contribution in [2.75, 3.05) is 16.6 Å². The van der Waals surface area contributed by atoms with Gasteiger partial charge in [-0.05, 0) is 42.5 Å². The molecule has 0 aliphatic rings. The summed E-state index contributed by atoms with van der Waals surface area (Å²) in [6.45, 7) is 0. The minimum Gasteiger partial charge on any atom is -0.495 e. The summed E-state index contributed by atoms with van der Waals surface area (Å²) in [6, 6.07) is 16.7. The molecule has 0 heterocycles. The van der Waals surface area contributed by atoms with Gasteiger partial charge in [0.15, 0.2) is 0 Å². The number of hydrogen-bond donors (Lipinski definition) is 2. The van der Waals surface area contributed by atoms with E-state index >= 15 is 0 Å². The highest BCUT2D eigenvalue weighted by molar-refractivity contribution is 7.93. The Morgan fingerprint density at radius 2 is 1.45 bits per heavy atom. The Morgan fingerprint density at radius 3 is 2.10 bits per heavy atom. The third-order valence-electron chi connectivity index (χ3n) is 3.88. The van der Waals surface area contributed by atoms with Gasteiger partial charge in [0.25, 0.3) is 20.0 Å². The van der Waals surface area contributed by atoms with Gasteiger partial charge in [0, 0.05) is 5.69 Å². The lowest BCUT2D eigenvalue weighted by Crippen LogP contribution is -2.17. The molecule has 0 unspecified atom stereocenters. The van der Waals surface area contributed by atoms with Gasteiger partial charge in [0.1, 0.15) is 16.5 Å². The maximum Gasteiger partial charge on any atom is 0.264 e. The summed E-state index contributed by atoms with van der Waals surface area (Å²) in [7, 11) is -7.02. The smallest absolute Gasteiger partial charge is 0.264 e. The second-order valence-corrected chi connectivity index (χ2v) is 9.20. The normalized spacial score (nSPS) is 11.7. The lowest BCUT2D eigenvalue weighted by atomic mass is 10.3. The number of halogens is 1. The van der Waals surface area contributed by atoms with E-state index in [1.165, 1.54) is 31.4 Å². The molecule has 10 heteroatoms. The molecule has 0 aliphatic carbocycles. The van der Waals surface area contributed by atoms with E-state index in [0.717, 1.165) is 18.2 Å². The van der Waals surface area contributed by atoms with Gasteiger partial charge in [-0.25, -0.2) is 21.2 Å². The average molecular weight is 436 g/mol. The Kier molecular flexibility index (Phi) is 5.76. The molecule has 0 saturated carbocycles. The number of hydrogen-bond acceptors (Lipinski definition) is 5. The Hall–Kier alpha value is -3.11. The molecular weight excluding hydrogens is 419 g/mol. The first-order chi connectivity index (χ1) is 13.7. The second-order valence-electron chi connectivity index (χ2n) is 5.87. The van der Waals surface area contributed by atoms with Crippen molar-refractivity contribution in [1.82, 2.24) is 0 Å². The maximum atomic E-state index is 13.9. The second kappa shape index (κ2) is 8.10. The molecular formula is C19H17FN2O5S2. The van der Waals surface area contributed by atoms with E-state index in [0.29, 0.717) is 5.69 Å². The number of ether oxygens (including phenoxy) is 1. The Morgan fingerprint density at radius 1 is 0.793 bits per heavy atom. The first kappa shape index (κ1) is 20.6. The summed E-state index contributed by atoms with van der Waals surface area (Å²) in [4.78, 5) is -0.772. The van der Waals surface area contributed by atoms with Gasteiger partial charge in [0.2, 0.25) is 0 Å². The molecule has 0 aliphatic heterocycles. The number of para-hydroxylation sites is 1. The van der Waals surface area contributed by atoms with Crippen LogP contribution in [0, 0.1) is 5.82 Å². The zero-order valence-corrected chi connectivity index (χ0v) is 16.8. The lowest BCUT2D eigenvalue weighted by Gasteiger charge is -2.14. The molecule has 3 rings (SSSR count). The molecule has 0 fully saturated rings. The molecule has 3 aromatic carbocycles. The molecule has 0 spiro atoms. The number of anilines is 2. The summed E-state index contributed by atoms with van der Waals surface area (Å²) < 4.78 is 74.1. The molecule has 0 bridgehead atoms. The van der Waals surface area contributed by atoms with Gasteiger partial charge >= 0.3 is 0 Å². The van der Waals surface area contributed by atoms with Crippen molar-refractivity contribution in [3.8, 4) is 5.75 Å². The van der Waals surface area contributed by atoms with Gasteiger partial charge in [-0.2, -0.15) is 0 Å². The zero-order chi connectivity index (χ0) is 21.1. The third kappa shape index (κ3) is 4.66. The first-order valence-electron chi connectivity index (χ1n) is 8.26. The van der Waals surface area contributed by atoms with Crippen LogP contribution < -0.4 is 14.2 Å². The van der Waals surface area contributed by atoms with Gasteiger partial charge in [0.05, 0.1) is 17.7 Å². The summed E-state index contributed by atoms with van der Waals surface area (Å²) in [6.07, 6.45) is 0. The molecule has 7 nitrogen and oxygen atoms in total. The quantitative estimate of drug-likeness (QED) is 0.591. The van der Waals surface area contributed by atoms with Crippen molar-refractivity contribution < 1.29 is 26.0 Å². The molecule has 0 saturated heterocycles. The number of rotatable bonds is 7. The summed E-state index contributed by atoms with van der Waals surface area (Å²) in [5.41, 5.74) is 0.198. The number of benzene rings is 3. The van der Waals surface area contributed by atoms with E-state index in [4.69, 9.17) is 4.74 Å². The highest BCUT2D eigenvalue weighted by atomic mass is 32.2. The van der Waals surface area contributed by atoms with Crippen molar-refractivity contribution in [3.05, 3.63) is 78.6 Å². The Bertz CT molecular complexity index is 1230. The highest BCUT2D eigenvalue weighted by Crippen LogP contribution is 2.30. The molecule has 2 N–H and O–H groups in total. The molecule has 29 heavy (non-hydrogen) atoms. The number of methoxy groups -OCH3 is 1. The van der Waals surface area contributed by atoms with Gasteiger partial charge in [-0.3, -0.25) is 9.44 Å². The minimum atomic E-state index is -4.32. The fraction of sp³-hybridized carbons (Fsp3) is 0.0526. The summed E-state index contributed by atoms with van der Waals surface area (Å²) in [5, 5.41) is 0. The minimum absolute atomic E-state index is 0.0728. The van der Waals surface area contributed by atoms with Crippen LogP contribution in [0.15, 0.2) is 82.6 Å². The molecule has 3 aromatic rings. The number of sulfonamides is 2. The Labute approximate surface area is 168 Å². The lowest BCUT2D eigenvalue weighted by molar-refractivity contribution is 0.416. The van der Waals surface area contributed by atoms with E-state index in [9.17, 15) is 21.2 Å². The van der Waals surface area contributed by atoms with Crippen molar-refractivity contribution in [1.29, 1.82) is 0 Å². The van der Waals surface area contributed by atoms with E-state index in [1.54, 1.807) is 30.3 Å². The van der Waals surface area contributed by atoms with Crippen molar-refractivity contribution in [2.24, 2.45) is 0 Å².